The first-order valence-electron chi connectivity index (χ1n) is 9.37. The first kappa shape index (κ1) is 20.3. The Balaban J connectivity index is 2.30. The van der Waals surface area contributed by atoms with Crippen LogP contribution in [-0.4, -0.2) is 16.1 Å². The Morgan fingerprint density at radius 1 is 0.833 bits per heavy atom. The van der Waals surface area contributed by atoms with Crippen LogP contribution < -0.4 is 5.73 Å². The largest absolute Gasteiger partial charge is 0.508 e. The van der Waals surface area contributed by atoms with Gasteiger partial charge < -0.3 is 15.9 Å². The average Bonchev–Trinajstić information content (AvgIpc) is 2.54. The Kier molecular flexibility index (Phi) is 9.97. The highest BCUT2D eigenvalue weighted by Crippen LogP contribution is 2.31. The van der Waals surface area contributed by atoms with E-state index in [1.807, 2.05) is 0 Å². The second-order valence-corrected chi connectivity index (χ2v) is 6.64. The molecule has 24 heavy (non-hydrogen) atoms. The number of primary amides is 1. The van der Waals surface area contributed by atoms with E-state index in [1.165, 1.54) is 63.5 Å². The smallest absolute Gasteiger partial charge is 0.221 e. The lowest BCUT2D eigenvalue weighted by molar-refractivity contribution is -0.117. The maximum Gasteiger partial charge on any atom is 0.221 e. The summed E-state index contributed by atoms with van der Waals surface area (Å²) in [5.74, 6) is -0.325. The molecular weight excluding hydrogens is 302 g/mol. The molecule has 0 radical (unpaired) electrons. The molecule has 0 saturated carbocycles. The molecular formula is C20H33NO3. The molecule has 0 aliphatic carbocycles. The van der Waals surface area contributed by atoms with E-state index in [1.54, 1.807) is 0 Å². The third-order valence-corrected chi connectivity index (χ3v) is 4.51. The van der Waals surface area contributed by atoms with Gasteiger partial charge in [0.2, 0.25) is 5.91 Å². The molecule has 4 heteroatoms. The van der Waals surface area contributed by atoms with Crippen molar-refractivity contribution in [1.82, 2.24) is 0 Å². The van der Waals surface area contributed by atoms with E-state index >= 15 is 0 Å². The quantitative estimate of drug-likeness (QED) is 0.364. The van der Waals surface area contributed by atoms with Gasteiger partial charge in [-0.1, -0.05) is 64.7 Å². The number of phenolic OH excluding ortho intramolecular Hbond substituents is 2. The summed E-state index contributed by atoms with van der Waals surface area (Å²) < 4.78 is 0. The number of benzene rings is 1. The highest BCUT2D eigenvalue weighted by Gasteiger charge is 2.14. The summed E-state index contributed by atoms with van der Waals surface area (Å²) in [5, 5.41) is 19.9. The number of carbonyl (C=O) groups is 1. The molecule has 0 heterocycles. The Labute approximate surface area is 146 Å². The summed E-state index contributed by atoms with van der Waals surface area (Å²) in [6.07, 6.45) is 13.1. The van der Waals surface area contributed by atoms with Crippen LogP contribution in [0.5, 0.6) is 11.5 Å². The van der Waals surface area contributed by atoms with Gasteiger partial charge in [0.25, 0.3) is 0 Å². The van der Waals surface area contributed by atoms with Crippen LogP contribution in [0.1, 0.15) is 82.3 Å². The van der Waals surface area contributed by atoms with Gasteiger partial charge in [-0.25, -0.2) is 0 Å². The van der Waals surface area contributed by atoms with Crippen molar-refractivity contribution >= 4 is 5.91 Å². The predicted molar refractivity (Wildman–Crippen MR) is 98.2 cm³/mol. The van der Waals surface area contributed by atoms with E-state index in [0.29, 0.717) is 17.5 Å². The number of phenols is 2. The number of hydrogen-bond donors (Lipinski definition) is 3. The fourth-order valence-corrected chi connectivity index (χ4v) is 3.11. The molecule has 1 rings (SSSR count). The van der Waals surface area contributed by atoms with Crippen LogP contribution >= 0.6 is 0 Å². The van der Waals surface area contributed by atoms with E-state index in [2.05, 4.69) is 6.92 Å². The van der Waals surface area contributed by atoms with Crippen LogP contribution in [0.15, 0.2) is 12.1 Å². The molecule has 0 fully saturated rings. The van der Waals surface area contributed by atoms with Crippen molar-refractivity contribution in [3.05, 3.63) is 23.3 Å². The summed E-state index contributed by atoms with van der Waals surface area (Å²) in [6.45, 7) is 2.24. The minimum atomic E-state index is -0.500. The lowest BCUT2D eigenvalue weighted by Gasteiger charge is -2.12. The first-order chi connectivity index (χ1) is 11.6. The molecule has 0 bridgehead atoms. The lowest BCUT2D eigenvalue weighted by Crippen LogP contribution is -2.15. The van der Waals surface area contributed by atoms with Crippen LogP contribution in [-0.2, 0) is 17.6 Å². The van der Waals surface area contributed by atoms with E-state index < -0.39 is 5.91 Å². The topological polar surface area (TPSA) is 83.6 Å². The van der Waals surface area contributed by atoms with Gasteiger partial charge in [-0.05, 0) is 25.0 Å². The van der Waals surface area contributed by atoms with Gasteiger partial charge >= 0.3 is 0 Å². The zero-order valence-electron chi connectivity index (χ0n) is 15.0. The third-order valence-electron chi connectivity index (χ3n) is 4.51. The van der Waals surface area contributed by atoms with E-state index in [4.69, 9.17) is 5.73 Å². The Hall–Kier alpha value is -1.71. The van der Waals surface area contributed by atoms with Gasteiger partial charge in [-0.2, -0.15) is 0 Å². The van der Waals surface area contributed by atoms with E-state index in [-0.39, 0.29) is 17.9 Å². The van der Waals surface area contributed by atoms with Gasteiger partial charge in [0.15, 0.2) is 0 Å². The number of amides is 1. The number of unbranched alkanes of at least 4 members (excludes halogenated alkanes) is 9. The second kappa shape index (κ2) is 11.8. The molecule has 0 unspecified atom stereocenters. The molecule has 4 nitrogen and oxygen atoms in total. The molecule has 0 aromatic heterocycles. The van der Waals surface area contributed by atoms with Gasteiger partial charge in [0.1, 0.15) is 11.5 Å². The van der Waals surface area contributed by atoms with E-state index in [0.717, 1.165) is 12.8 Å². The molecule has 1 aromatic rings. The lowest BCUT2D eigenvalue weighted by atomic mass is 9.96. The Morgan fingerprint density at radius 2 is 1.29 bits per heavy atom. The van der Waals surface area contributed by atoms with E-state index in [9.17, 15) is 15.0 Å². The van der Waals surface area contributed by atoms with Crippen LogP contribution in [0.25, 0.3) is 0 Å². The number of aromatic hydroxyl groups is 2. The summed E-state index contributed by atoms with van der Waals surface area (Å²) >= 11 is 0. The number of carbonyl (C=O) groups excluding carboxylic acids is 1. The summed E-state index contributed by atoms with van der Waals surface area (Å²) in [6, 6.07) is 2.89. The van der Waals surface area contributed by atoms with Crippen molar-refractivity contribution in [2.45, 2.75) is 84.0 Å². The summed E-state index contributed by atoms with van der Waals surface area (Å²) in [4.78, 5) is 11.2. The summed E-state index contributed by atoms with van der Waals surface area (Å²) in [7, 11) is 0. The standard InChI is InChI=1S/C20H33NO3/c1-2-3-4-5-6-7-8-9-10-11-12-16-17(15-20(21)24)19(23)14-13-18(16)22/h13-14,22-23H,2-12,15H2,1H3,(H2,21,24). The molecule has 136 valence electrons. The van der Waals surface area contributed by atoms with Gasteiger partial charge in [0, 0.05) is 11.1 Å². The minimum absolute atomic E-state index is 0.0344. The normalized spacial score (nSPS) is 10.9. The number of rotatable bonds is 13. The van der Waals surface area contributed by atoms with Crippen molar-refractivity contribution in [3.63, 3.8) is 0 Å². The molecule has 1 aromatic carbocycles. The molecule has 0 aliphatic rings. The first-order valence-corrected chi connectivity index (χ1v) is 9.37. The second-order valence-electron chi connectivity index (χ2n) is 6.64. The van der Waals surface area contributed by atoms with Crippen molar-refractivity contribution in [2.75, 3.05) is 0 Å². The fourth-order valence-electron chi connectivity index (χ4n) is 3.11. The minimum Gasteiger partial charge on any atom is -0.508 e. The predicted octanol–water partition coefficient (Wildman–Crippen LogP) is 4.59. The van der Waals surface area contributed by atoms with Gasteiger partial charge in [-0.15, -0.1) is 0 Å². The molecule has 0 saturated heterocycles. The van der Waals surface area contributed by atoms with Crippen LogP contribution in [0.2, 0.25) is 0 Å². The molecule has 0 atom stereocenters. The number of nitrogens with two attached hydrogens (primary N) is 1. The Bertz CT molecular complexity index is 500. The zero-order valence-corrected chi connectivity index (χ0v) is 15.0. The van der Waals surface area contributed by atoms with Crippen molar-refractivity contribution in [2.24, 2.45) is 5.73 Å². The average molecular weight is 335 g/mol. The molecule has 0 spiro atoms. The molecule has 1 amide bonds. The Morgan fingerprint density at radius 3 is 1.79 bits per heavy atom. The van der Waals surface area contributed by atoms with Crippen LogP contribution in [0, 0.1) is 0 Å². The highest BCUT2D eigenvalue weighted by molar-refractivity contribution is 5.78. The van der Waals surface area contributed by atoms with Crippen molar-refractivity contribution in [3.8, 4) is 11.5 Å². The zero-order chi connectivity index (χ0) is 17.8. The highest BCUT2D eigenvalue weighted by atomic mass is 16.3. The third kappa shape index (κ3) is 7.71. The van der Waals surface area contributed by atoms with Crippen molar-refractivity contribution < 1.29 is 15.0 Å². The summed E-state index contributed by atoms with van der Waals surface area (Å²) in [5.41, 5.74) is 6.37. The maximum absolute atomic E-state index is 11.2. The maximum atomic E-state index is 11.2. The van der Waals surface area contributed by atoms with Crippen LogP contribution in [0.4, 0.5) is 0 Å². The monoisotopic (exact) mass is 335 g/mol. The fraction of sp³-hybridized carbons (Fsp3) is 0.650. The van der Waals surface area contributed by atoms with Gasteiger partial charge in [0.05, 0.1) is 6.42 Å². The molecule has 0 aliphatic heterocycles. The van der Waals surface area contributed by atoms with Crippen molar-refractivity contribution in [1.29, 1.82) is 0 Å². The van der Waals surface area contributed by atoms with Crippen LogP contribution in [0.3, 0.4) is 0 Å². The number of hydrogen-bond acceptors (Lipinski definition) is 3. The SMILES string of the molecule is CCCCCCCCCCCCc1c(O)ccc(O)c1CC(N)=O. The van der Waals surface area contributed by atoms with Gasteiger partial charge in [-0.3, -0.25) is 4.79 Å². The molecule has 4 N–H and O–H groups in total.